The van der Waals surface area contributed by atoms with Crippen LogP contribution in [0, 0.1) is 12.7 Å². The van der Waals surface area contributed by atoms with Gasteiger partial charge in [-0.3, -0.25) is 0 Å². The fourth-order valence-electron chi connectivity index (χ4n) is 2.70. The van der Waals surface area contributed by atoms with Crippen LogP contribution in [0.2, 0.25) is 5.02 Å². The highest BCUT2D eigenvalue weighted by atomic mass is 35.5. The molecule has 0 amide bonds. The van der Waals surface area contributed by atoms with E-state index in [0.717, 1.165) is 16.5 Å². The molecule has 3 rings (SSSR count). The van der Waals surface area contributed by atoms with Gasteiger partial charge in [0.2, 0.25) is 0 Å². The number of fused-ring (bicyclic) bond motifs is 1. The van der Waals surface area contributed by atoms with Crippen molar-refractivity contribution in [2.24, 2.45) is 0 Å². The van der Waals surface area contributed by atoms with E-state index in [2.05, 4.69) is 0 Å². The minimum atomic E-state index is -0.370. The van der Waals surface area contributed by atoms with E-state index in [1.165, 1.54) is 6.07 Å². The first-order valence-corrected chi connectivity index (χ1v) is 7.46. The Kier molecular flexibility index (Phi) is 4.09. The normalized spacial score (nSPS) is 10.8. The summed E-state index contributed by atoms with van der Waals surface area (Å²) in [5.41, 5.74) is 1.19. The Bertz CT molecular complexity index is 876. The number of rotatable bonds is 3. The number of aryl methyl sites for hydroxylation is 1. The number of methoxy groups -OCH3 is 2. The highest BCUT2D eigenvalue weighted by molar-refractivity contribution is 6.32. The second-order valence-electron chi connectivity index (χ2n) is 5.14. The molecule has 0 bridgehead atoms. The molecular formula is C18H16ClFNO2+. The molecule has 0 saturated carbocycles. The zero-order valence-corrected chi connectivity index (χ0v) is 13.8. The van der Waals surface area contributed by atoms with E-state index >= 15 is 0 Å². The minimum Gasteiger partial charge on any atom is -0.493 e. The van der Waals surface area contributed by atoms with Gasteiger partial charge in [-0.25, -0.2) is 0 Å². The molecule has 2 aromatic carbocycles. The van der Waals surface area contributed by atoms with Crippen molar-refractivity contribution in [1.29, 1.82) is 0 Å². The second kappa shape index (κ2) is 6.05. The van der Waals surface area contributed by atoms with E-state index in [1.807, 2.05) is 25.1 Å². The first-order valence-electron chi connectivity index (χ1n) is 7.08. The number of benzene rings is 2. The third-order valence-corrected chi connectivity index (χ3v) is 4.19. The maximum Gasteiger partial charge on any atom is 0.265 e. The molecule has 0 atom stereocenters. The molecule has 0 unspecified atom stereocenters. The van der Waals surface area contributed by atoms with Gasteiger partial charge in [0.15, 0.2) is 29.2 Å². The number of nitrogens with zero attached hydrogens (tertiary/aromatic N) is 1. The largest absolute Gasteiger partial charge is 0.493 e. The van der Waals surface area contributed by atoms with Crippen molar-refractivity contribution >= 4 is 22.4 Å². The van der Waals surface area contributed by atoms with E-state index in [0.29, 0.717) is 22.2 Å². The van der Waals surface area contributed by atoms with Crippen LogP contribution in [-0.4, -0.2) is 14.2 Å². The van der Waals surface area contributed by atoms with E-state index in [4.69, 9.17) is 21.1 Å². The number of para-hydroxylation sites is 1. The van der Waals surface area contributed by atoms with Gasteiger partial charge in [0.05, 0.1) is 19.6 Å². The van der Waals surface area contributed by atoms with Crippen molar-refractivity contribution in [3.8, 4) is 17.2 Å². The Labute approximate surface area is 138 Å². The number of aromatic nitrogens is 1. The molecule has 0 aliphatic heterocycles. The molecule has 0 N–H and O–H groups in total. The van der Waals surface area contributed by atoms with Gasteiger partial charge in [0.1, 0.15) is 5.02 Å². The van der Waals surface area contributed by atoms with E-state index in [1.54, 1.807) is 37.1 Å². The van der Waals surface area contributed by atoms with Crippen LogP contribution < -0.4 is 14.0 Å². The van der Waals surface area contributed by atoms with Gasteiger partial charge in [-0.15, -0.1) is 0 Å². The van der Waals surface area contributed by atoms with Crippen LogP contribution >= 0.6 is 11.6 Å². The summed E-state index contributed by atoms with van der Waals surface area (Å²) in [5, 5.41) is 2.27. The highest BCUT2D eigenvalue weighted by Crippen LogP contribution is 2.33. The summed E-state index contributed by atoms with van der Waals surface area (Å²) in [7, 11) is 3.18. The van der Waals surface area contributed by atoms with Gasteiger partial charge in [-0.1, -0.05) is 17.7 Å². The fourth-order valence-corrected chi connectivity index (χ4v) is 2.96. The molecule has 0 radical (unpaired) electrons. The summed E-state index contributed by atoms with van der Waals surface area (Å²) >= 11 is 6.19. The standard InChI is InChI=1S/C18H16ClFNO2/c1-11-13-10-17(23-3)16(22-2)9-12(13)7-8-21(11)18-14(19)5-4-6-15(18)20/h4-10H,1-3H3/q+1. The van der Waals surface area contributed by atoms with E-state index in [9.17, 15) is 4.39 Å². The monoisotopic (exact) mass is 332 g/mol. The highest BCUT2D eigenvalue weighted by Gasteiger charge is 2.22. The topological polar surface area (TPSA) is 22.3 Å². The lowest BCUT2D eigenvalue weighted by atomic mass is 10.1. The number of hydrogen-bond donors (Lipinski definition) is 0. The zero-order valence-electron chi connectivity index (χ0n) is 13.1. The Morgan fingerprint density at radius 2 is 1.74 bits per heavy atom. The average molecular weight is 333 g/mol. The lowest BCUT2D eigenvalue weighted by molar-refractivity contribution is -0.602. The van der Waals surface area contributed by atoms with Gasteiger partial charge in [-0.05, 0) is 29.7 Å². The number of hydrogen-bond acceptors (Lipinski definition) is 2. The predicted octanol–water partition coefficient (Wildman–Crippen LogP) is 4.23. The minimum absolute atomic E-state index is 0.336. The van der Waals surface area contributed by atoms with E-state index < -0.39 is 0 Å². The molecule has 0 fully saturated rings. The van der Waals surface area contributed by atoms with Crippen LogP contribution in [0.25, 0.3) is 16.5 Å². The number of ether oxygens (including phenoxy) is 2. The lowest BCUT2D eigenvalue weighted by Gasteiger charge is -2.10. The zero-order chi connectivity index (χ0) is 16.6. The van der Waals surface area contributed by atoms with Crippen LogP contribution in [0.15, 0.2) is 42.6 Å². The molecule has 0 aliphatic rings. The van der Waals surface area contributed by atoms with Crippen molar-refractivity contribution in [1.82, 2.24) is 0 Å². The number of halogens is 2. The maximum absolute atomic E-state index is 14.2. The van der Waals surface area contributed by atoms with Gasteiger partial charge in [-0.2, -0.15) is 8.96 Å². The fraction of sp³-hybridized carbons (Fsp3) is 0.167. The third-order valence-electron chi connectivity index (χ3n) is 3.89. The van der Waals surface area contributed by atoms with Gasteiger partial charge in [0.25, 0.3) is 5.69 Å². The molecule has 0 saturated heterocycles. The van der Waals surface area contributed by atoms with Crippen molar-refractivity contribution in [3.63, 3.8) is 0 Å². The second-order valence-corrected chi connectivity index (χ2v) is 5.54. The smallest absolute Gasteiger partial charge is 0.265 e. The molecule has 3 aromatic rings. The molecule has 0 spiro atoms. The summed E-state index contributed by atoms with van der Waals surface area (Å²) in [6, 6.07) is 10.3. The predicted molar refractivity (Wildman–Crippen MR) is 88.3 cm³/mol. The summed E-state index contributed by atoms with van der Waals surface area (Å²) in [6.45, 7) is 1.91. The molecule has 3 nitrogen and oxygen atoms in total. The maximum atomic E-state index is 14.2. The van der Waals surface area contributed by atoms with Crippen LogP contribution in [-0.2, 0) is 0 Å². The summed E-state index contributed by atoms with van der Waals surface area (Å²) < 4.78 is 26.7. The van der Waals surface area contributed by atoms with Crippen molar-refractivity contribution < 1.29 is 18.4 Å². The first kappa shape index (κ1) is 15.6. The van der Waals surface area contributed by atoms with Gasteiger partial charge >= 0.3 is 0 Å². The molecular weight excluding hydrogens is 317 g/mol. The average Bonchev–Trinajstić information content (AvgIpc) is 2.55. The summed E-state index contributed by atoms with van der Waals surface area (Å²) in [6.07, 6.45) is 1.80. The van der Waals surface area contributed by atoms with Gasteiger partial charge < -0.3 is 9.47 Å². The molecule has 5 heteroatoms. The Morgan fingerprint density at radius 3 is 2.39 bits per heavy atom. The first-order chi connectivity index (χ1) is 11.1. The molecule has 1 aromatic heterocycles. The quantitative estimate of drug-likeness (QED) is 0.670. The Hall–Kier alpha value is -2.33. The Morgan fingerprint density at radius 1 is 1.04 bits per heavy atom. The van der Waals surface area contributed by atoms with Gasteiger partial charge in [0, 0.05) is 13.0 Å². The molecule has 118 valence electrons. The van der Waals surface area contributed by atoms with Crippen LogP contribution in [0.1, 0.15) is 5.69 Å². The number of pyridine rings is 1. The van der Waals surface area contributed by atoms with Crippen molar-refractivity contribution in [2.45, 2.75) is 6.92 Å². The van der Waals surface area contributed by atoms with E-state index in [-0.39, 0.29) is 5.82 Å². The molecule has 23 heavy (non-hydrogen) atoms. The van der Waals surface area contributed by atoms with Crippen molar-refractivity contribution in [2.75, 3.05) is 14.2 Å². The molecule has 1 heterocycles. The van der Waals surface area contributed by atoms with Crippen LogP contribution in [0.4, 0.5) is 4.39 Å². The van der Waals surface area contributed by atoms with Crippen LogP contribution in [0.5, 0.6) is 11.5 Å². The SMILES string of the molecule is COc1cc2cc[n+](-c3c(F)cccc3Cl)c(C)c2cc1OC. The van der Waals surface area contributed by atoms with Crippen LogP contribution in [0.3, 0.4) is 0 Å². The summed E-state index contributed by atoms with van der Waals surface area (Å²) in [5.74, 6) is 0.909. The third kappa shape index (κ3) is 2.59. The Balaban J connectivity index is 2.31. The lowest BCUT2D eigenvalue weighted by Crippen LogP contribution is -2.35. The molecule has 0 aliphatic carbocycles. The van der Waals surface area contributed by atoms with Crippen molar-refractivity contribution in [3.05, 3.63) is 59.1 Å². The summed E-state index contributed by atoms with van der Waals surface area (Å²) in [4.78, 5) is 0.